The van der Waals surface area contributed by atoms with Gasteiger partial charge in [-0.25, -0.2) is 0 Å². The number of methoxy groups -OCH3 is 1. The molecule has 1 rings (SSSR count). The molecular weight excluding hydrogens is 290 g/mol. The van der Waals surface area contributed by atoms with Crippen molar-refractivity contribution in [2.24, 2.45) is 5.92 Å². The van der Waals surface area contributed by atoms with Crippen LogP contribution in [0, 0.1) is 5.92 Å². The highest BCUT2D eigenvalue weighted by Gasteiger charge is 2.23. The maximum atomic E-state index is 12.2. The second kappa shape index (κ2) is 8.67. The third kappa shape index (κ3) is 5.38. The van der Waals surface area contributed by atoms with Gasteiger partial charge in [0.1, 0.15) is 0 Å². The van der Waals surface area contributed by atoms with E-state index in [1.807, 2.05) is 26.0 Å². The van der Waals surface area contributed by atoms with Gasteiger partial charge in [-0.1, -0.05) is 50.1 Å². The fourth-order valence-corrected chi connectivity index (χ4v) is 2.39. The van der Waals surface area contributed by atoms with Crippen molar-refractivity contribution in [3.05, 3.63) is 34.9 Å². The minimum absolute atomic E-state index is 0.0603. The summed E-state index contributed by atoms with van der Waals surface area (Å²) < 4.78 is 4.70. The zero-order chi connectivity index (χ0) is 15.8. The van der Waals surface area contributed by atoms with Gasteiger partial charge >= 0.3 is 5.97 Å². The average molecular weight is 312 g/mol. The largest absolute Gasteiger partial charge is 0.469 e. The molecule has 5 heteroatoms. The van der Waals surface area contributed by atoms with Crippen molar-refractivity contribution in [1.29, 1.82) is 0 Å². The first-order valence-corrected chi connectivity index (χ1v) is 7.49. The van der Waals surface area contributed by atoms with Crippen LogP contribution in [-0.4, -0.2) is 19.0 Å². The van der Waals surface area contributed by atoms with Gasteiger partial charge in [0.15, 0.2) is 0 Å². The van der Waals surface area contributed by atoms with Gasteiger partial charge in [-0.05, 0) is 18.1 Å². The van der Waals surface area contributed by atoms with E-state index in [0.717, 1.165) is 18.4 Å². The summed E-state index contributed by atoms with van der Waals surface area (Å²) in [6.45, 7) is 3.91. The van der Waals surface area contributed by atoms with E-state index in [2.05, 4.69) is 5.32 Å². The Morgan fingerprint density at radius 2 is 2.00 bits per heavy atom. The van der Waals surface area contributed by atoms with Gasteiger partial charge in [0.05, 0.1) is 19.6 Å². The number of carbonyl (C=O) groups excluding carboxylic acids is 2. The van der Waals surface area contributed by atoms with Crippen LogP contribution in [0.5, 0.6) is 0 Å². The van der Waals surface area contributed by atoms with Crippen molar-refractivity contribution in [2.45, 2.75) is 39.2 Å². The van der Waals surface area contributed by atoms with Crippen LogP contribution in [0.1, 0.15) is 44.7 Å². The molecule has 0 aromatic heterocycles. The summed E-state index contributed by atoms with van der Waals surface area (Å²) in [6.07, 6.45) is 1.80. The Hall–Kier alpha value is -1.55. The van der Waals surface area contributed by atoms with Gasteiger partial charge in [0, 0.05) is 10.9 Å². The Balaban J connectivity index is 2.90. The molecule has 0 fully saturated rings. The standard InChI is InChI=1S/C16H22ClNO3/c1-4-7-11(2)16(20)18-14(10-15(19)21-3)12-8-5-6-9-13(12)17/h5-6,8-9,11,14H,4,7,10H2,1-3H3,(H,18,20). The van der Waals surface area contributed by atoms with Crippen molar-refractivity contribution in [3.8, 4) is 0 Å². The normalized spacial score (nSPS) is 13.3. The van der Waals surface area contributed by atoms with Crippen LogP contribution in [0.3, 0.4) is 0 Å². The number of nitrogens with one attached hydrogen (secondary N) is 1. The minimum Gasteiger partial charge on any atom is -0.469 e. The Bertz CT molecular complexity index is 490. The Morgan fingerprint density at radius 1 is 1.33 bits per heavy atom. The van der Waals surface area contributed by atoms with Crippen molar-refractivity contribution < 1.29 is 14.3 Å². The van der Waals surface area contributed by atoms with Crippen molar-refractivity contribution in [3.63, 3.8) is 0 Å². The summed E-state index contributed by atoms with van der Waals surface area (Å²) >= 11 is 6.17. The summed E-state index contributed by atoms with van der Waals surface area (Å²) in [5.41, 5.74) is 0.724. The molecule has 1 aromatic rings. The third-order valence-electron chi connectivity index (χ3n) is 3.36. The maximum absolute atomic E-state index is 12.2. The van der Waals surface area contributed by atoms with E-state index in [0.29, 0.717) is 5.02 Å². The van der Waals surface area contributed by atoms with Crippen molar-refractivity contribution in [2.75, 3.05) is 7.11 Å². The summed E-state index contributed by atoms with van der Waals surface area (Å²) in [6, 6.07) is 6.71. The topological polar surface area (TPSA) is 55.4 Å². The molecule has 1 aromatic carbocycles. The molecule has 0 radical (unpaired) electrons. The fourth-order valence-electron chi connectivity index (χ4n) is 2.12. The van der Waals surface area contributed by atoms with E-state index < -0.39 is 6.04 Å². The zero-order valence-corrected chi connectivity index (χ0v) is 13.4. The maximum Gasteiger partial charge on any atom is 0.307 e. The summed E-state index contributed by atoms with van der Waals surface area (Å²) in [5.74, 6) is -0.563. The second-order valence-electron chi connectivity index (χ2n) is 5.05. The van der Waals surface area contributed by atoms with Crippen molar-refractivity contribution in [1.82, 2.24) is 5.32 Å². The molecule has 0 heterocycles. The molecule has 0 saturated heterocycles. The molecule has 0 aliphatic heterocycles. The Kier molecular flexibility index (Phi) is 7.23. The number of carbonyl (C=O) groups is 2. The lowest BCUT2D eigenvalue weighted by molar-refractivity contribution is -0.141. The number of benzene rings is 1. The molecule has 0 aliphatic carbocycles. The van der Waals surface area contributed by atoms with Crippen LogP contribution < -0.4 is 5.32 Å². The van der Waals surface area contributed by atoms with Crippen LogP contribution in [0.2, 0.25) is 5.02 Å². The number of rotatable bonds is 7. The highest BCUT2D eigenvalue weighted by atomic mass is 35.5. The van der Waals surface area contributed by atoms with Gasteiger partial charge in [-0.2, -0.15) is 0 Å². The van der Waals surface area contributed by atoms with Gasteiger partial charge in [-0.15, -0.1) is 0 Å². The molecule has 2 atom stereocenters. The van der Waals surface area contributed by atoms with Gasteiger partial charge in [0.2, 0.25) is 5.91 Å². The molecule has 4 nitrogen and oxygen atoms in total. The molecule has 116 valence electrons. The summed E-state index contributed by atoms with van der Waals surface area (Å²) in [4.78, 5) is 23.8. The molecule has 0 saturated carbocycles. The van der Waals surface area contributed by atoms with Gasteiger partial charge in [-0.3, -0.25) is 9.59 Å². The van der Waals surface area contributed by atoms with Crippen LogP contribution in [0.15, 0.2) is 24.3 Å². The monoisotopic (exact) mass is 311 g/mol. The van der Waals surface area contributed by atoms with E-state index in [1.165, 1.54) is 7.11 Å². The predicted molar refractivity (Wildman–Crippen MR) is 83.0 cm³/mol. The Labute approximate surface area is 130 Å². The summed E-state index contributed by atoms with van der Waals surface area (Å²) in [5, 5.41) is 3.42. The van der Waals surface area contributed by atoms with Gasteiger partial charge in [0.25, 0.3) is 0 Å². The molecule has 2 unspecified atom stereocenters. The number of hydrogen-bond donors (Lipinski definition) is 1. The van der Waals surface area contributed by atoms with Crippen LogP contribution in [0.4, 0.5) is 0 Å². The highest BCUT2D eigenvalue weighted by Crippen LogP contribution is 2.26. The van der Waals surface area contributed by atoms with E-state index >= 15 is 0 Å². The lowest BCUT2D eigenvalue weighted by Crippen LogP contribution is -2.34. The molecule has 0 aliphatic rings. The lowest BCUT2D eigenvalue weighted by atomic mass is 10.0. The highest BCUT2D eigenvalue weighted by molar-refractivity contribution is 6.31. The number of halogens is 1. The van der Waals surface area contributed by atoms with Gasteiger partial charge < -0.3 is 10.1 Å². The number of amides is 1. The second-order valence-corrected chi connectivity index (χ2v) is 5.46. The molecule has 0 bridgehead atoms. The van der Waals surface area contributed by atoms with Crippen LogP contribution in [0.25, 0.3) is 0 Å². The van der Waals surface area contributed by atoms with E-state index in [1.54, 1.807) is 12.1 Å². The van der Waals surface area contributed by atoms with Crippen LogP contribution in [-0.2, 0) is 14.3 Å². The number of ether oxygens (including phenoxy) is 1. The zero-order valence-electron chi connectivity index (χ0n) is 12.7. The molecule has 21 heavy (non-hydrogen) atoms. The number of hydrogen-bond acceptors (Lipinski definition) is 3. The molecule has 0 spiro atoms. The first-order chi connectivity index (χ1) is 9.99. The lowest BCUT2D eigenvalue weighted by Gasteiger charge is -2.21. The first-order valence-electron chi connectivity index (χ1n) is 7.11. The first kappa shape index (κ1) is 17.5. The molecular formula is C16H22ClNO3. The van der Waals surface area contributed by atoms with E-state index in [4.69, 9.17) is 16.3 Å². The van der Waals surface area contributed by atoms with Crippen LogP contribution >= 0.6 is 11.6 Å². The van der Waals surface area contributed by atoms with Crippen molar-refractivity contribution >= 4 is 23.5 Å². The predicted octanol–water partition coefficient (Wildman–Crippen LogP) is 3.50. The van der Waals surface area contributed by atoms with E-state index in [-0.39, 0.29) is 24.2 Å². The third-order valence-corrected chi connectivity index (χ3v) is 3.71. The van der Waals surface area contributed by atoms with E-state index in [9.17, 15) is 9.59 Å². The molecule has 1 N–H and O–H groups in total. The quantitative estimate of drug-likeness (QED) is 0.784. The average Bonchev–Trinajstić information content (AvgIpc) is 2.47. The Morgan fingerprint density at radius 3 is 2.57 bits per heavy atom. The minimum atomic E-state index is -0.474. The summed E-state index contributed by atoms with van der Waals surface area (Å²) in [7, 11) is 1.33. The fraction of sp³-hybridized carbons (Fsp3) is 0.500. The smallest absolute Gasteiger partial charge is 0.307 e. The SMILES string of the molecule is CCCC(C)C(=O)NC(CC(=O)OC)c1ccccc1Cl. The number of esters is 1. The molecule has 1 amide bonds.